The summed E-state index contributed by atoms with van der Waals surface area (Å²) in [7, 11) is 0. The number of hydrogen-bond donors (Lipinski definition) is 1. The van der Waals surface area contributed by atoms with Gasteiger partial charge in [0.25, 0.3) is 0 Å². The molecule has 1 aliphatic rings. The van der Waals surface area contributed by atoms with Gasteiger partial charge in [-0.25, -0.2) is 13.2 Å². The Kier molecular flexibility index (Phi) is 7.97. The van der Waals surface area contributed by atoms with Crippen molar-refractivity contribution >= 4 is 6.08 Å². The number of benzene rings is 3. The molecule has 4 rings (SSSR count). The first-order valence-corrected chi connectivity index (χ1v) is 12.2. The summed E-state index contributed by atoms with van der Waals surface area (Å²) < 4.78 is 49.1. The maximum absolute atomic E-state index is 14.8. The first-order valence-electron chi connectivity index (χ1n) is 12.2. The Morgan fingerprint density at radius 1 is 0.943 bits per heavy atom. The van der Waals surface area contributed by atoms with Crippen LogP contribution < -0.4 is 4.74 Å². The molecule has 0 heterocycles. The molecule has 0 radical (unpaired) electrons. The highest BCUT2D eigenvalue weighted by Gasteiger charge is 2.22. The Hall–Kier alpha value is -3.05. The first kappa shape index (κ1) is 25.1. The molecule has 1 unspecified atom stereocenters. The summed E-state index contributed by atoms with van der Waals surface area (Å²) in [6.45, 7) is 3.91. The van der Waals surface area contributed by atoms with Gasteiger partial charge in [0, 0.05) is 11.1 Å². The second kappa shape index (κ2) is 11.1. The third-order valence-corrected chi connectivity index (χ3v) is 6.86. The summed E-state index contributed by atoms with van der Waals surface area (Å²) in [6, 6.07) is 15.2. The van der Waals surface area contributed by atoms with Crippen LogP contribution in [0.2, 0.25) is 0 Å². The summed E-state index contributed by atoms with van der Waals surface area (Å²) in [4.78, 5) is 0. The van der Waals surface area contributed by atoms with Gasteiger partial charge in [-0.2, -0.15) is 0 Å². The Balaban J connectivity index is 1.40. The Bertz CT molecular complexity index is 1180. The highest BCUT2D eigenvalue weighted by atomic mass is 19.2. The van der Waals surface area contributed by atoms with E-state index in [-0.39, 0.29) is 28.6 Å². The zero-order valence-electron chi connectivity index (χ0n) is 20.1. The van der Waals surface area contributed by atoms with Gasteiger partial charge in [0.15, 0.2) is 23.2 Å². The van der Waals surface area contributed by atoms with E-state index >= 15 is 0 Å². The summed E-state index contributed by atoms with van der Waals surface area (Å²) in [5, 5.41) is 9.64. The van der Waals surface area contributed by atoms with Crippen LogP contribution in [0.1, 0.15) is 68.2 Å². The van der Waals surface area contributed by atoms with Crippen molar-refractivity contribution < 1.29 is 23.0 Å². The van der Waals surface area contributed by atoms with Gasteiger partial charge in [-0.1, -0.05) is 54.6 Å². The van der Waals surface area contributed by atoms with E-state index in [4.69, 9.17) is 4.74 Å². The summed E-state index contributed by atoms with van der Waals surface area (Å²) in [5.74, 6) is -1.22. The van der Waals surface area contributed by atoms with E-state index in [0.29, 0.717) is 18.1 Å². The van der Waals surface area contributed by atoms with Crippen molar-refractivity contribution in [2.75, 3.05) is 6.61 Å². The lowest BCUT2D eigenvalue weighted by molar-refractivity contribution is 0.199. The first-order chi connectivity index (χ1) is 16.9. The van der Waals surface area contributed by atoms with E-state index in [1.165, 1.54) is 0 Å². The lowest BCUT2D eigenvalue weighted by Crippen LogP contribution is -2.12. The molecule has 184 valence electrons. The number of hydrogen-bond acceptors (Lipinski definition) is 2. The molecule has 5 heteroatoms. The SMILES string of the molecule is CCOc1ccc(C2CCC(/C=C/c3ccc(-c4ccc(C(C)O)cc4)c(F)c3F)CC2)cc1F. The molecule has 1 N–H and O–H groups in total. The maximum atomic E-state index is 14.8. The highest BCUT2D eigenvalue weighted by molar-refractivity contribution is 5.67. The predicted octanol–water partition coefficient (Wildman–Crippen LogP) is 8.21. The summed E-state index contributed by atoms with van der Waals surface area (Å²) in [5.41, 5.74) is 2.68. The molecule has 1 aliphatic carbocycles. The summed E-state index contributed by atoms with van der Waals surface area (Å²) >= 11 is 0. The van der Waals surface area contributed by atoms with E-state index in [9.17, 15) is 18.3 Å². The van der Waals surface area contributed by atoms with Crippen LogP contribution in [0.3, 0.4) is 0 Å². The van der Waals surface area contributed by atoms with E-state index in [1.807, 2.05) is 19.1 Å². The van der Waals surface area contributed by atoms with Crippen molar-refractivity contribution in [3.05, 3.63) is 94.8 Å². The van der Waals surface area contributed by atoms with Crippen LogP contribution in [0, 0.1) is 23.4 Å². The molecular weight excluding hydrogens is 449 g/mol. The molecule has 0 aliphatic heterocycles. The predicted molar refractivity (Wildman–Crippen MR) is 134 cm³/mol. The number of aliphatic hydroxyl groups is 1. The molecule has 0 aromatic heterocycles. The maximum Gasteiger partial charge on any atom is 0.167 e. The van der Waals surface area contributed by atoms with Gasteiger partial charge in [-0.3, -0.25) is 0 Å². The fourth-order valence-electron chi connectivity index (χ4n) is 4.79. The van der Waals surface area contributed by atoms with Crippen molar-refractivity contribution in [3.8, 4) is 16.9 Å². The molecule has 0 spiro atoms. The van der Waals surface area contributed by atoms with Gasteiger partial charge in [-0.05, 0) is 80.2 Å². The van der Waals surface area contributed by atoms with Crippen molar-refractivity contribution in [3.63, 3.8) is 0 Å². The number of rotatable bonds is 7. The molecule has 0 bridgehead atoms. The topological polar surface area (TPSA) is 29.5 Å². The van der Waals surface area contributed by atoms with Crippen LogP contribution >= 0.6 is 0 Å². The number of aliphatic hydroxyl groups excluding tert-OH is 1. The Labute approximate surface area is 205 Å². The van der Waals surface area contributed by atoms with E-state index < -0.39 is 17.7 Å². The highest BCUT2D eigenvalue weighted by Crippen LogP contribution is 2.38. The van der Waals surface area contributed by atoms with Crippen molar-refractivity contribution in [2.24, 2.45) is 5.92 Å². The molecule has 1 saturated carbocycles. The van der Waals surface area contributed by atoms with Gasteiger partial charge in [0.1, 0.15) is 0 Å². The van der Waals surface area contributed by atoms with Gasteiger partial charge in [-0.15, -0.1) is 0 Å². The molecule has 3 aromatic rings. The van der Waals surface area contributed by atoms with E-state index in [2.05, 4.69) is 0 Å². The van der Waals surface area contributed by atoms with Crippen LogP contribution in [-0.4, -0.2) is 11.7 Å². The minimum atomic E-state index is -0.877. The molecular formula is C30H31F3O2. The quantitative estimate of drug-likeness (QED) is 0.369. The molecule has 0 saturated heterocycles. The smallest absolute Gasteiger partial charge is 0.167 e. The number of halogens is 3. The van der Waals surface area contributed by atoms with Crippen molar-refractivity contribution in [1.29, 1.82) is 0 Å². The number of allylic oxidation sites excluding steroid dienone is 1. The van der Waals surface area contributed by atoms with E-state index in [0.717, 1.165) is 36.8 Å². The average Bonchev–Trinajstić information content (AvgIpc) is 2.87. The van der Waals surface area contributed by atoms with Gasteiger partial charge in [0.05, 0.1) is 12.7 Å². The Morgan fingerprint density at radius 2 is 1.66 bits per heavy atom. The van der Waals surface area contributed by atoms with Gasteiger partial charge < -0.3 is 9.84 Å². The Morgan fingerprint density at radius 3 is 2.29 bits per heavy atom. The normalized spacial score (nSPS) is 19.1. The molecule has 1 atom stereocenters. The largest absolute Gasteiger partial charge is 0.491 e. The zero-order valence-corrected chi connectivity index (χ0v) is 20.1. The third-order valence-electron chi connectivity index (χ3n) is 6.86. The average molecular weight is 481 g/mol. The van der Waals surface area contributed by atoms with Crippen LogP contribution in [0.4, 0.5) is 13.2 Å². The minimum Gasteiger partial charge on any atom is -0.491 e. The van der Waals surface area contributed by atoms with Crippen LogP contribution in [0.15, 0.2) is 60.7 Å². The van der Waals surface area contributed by atoms with Crippen molar-refractivity contribution in [1.82, 2.24) is 0 Å². The molecule has 3 aromatic carbocycles. The fraction of sp³-hybridized carbons (Fsp3) is 0.333. The van der Waals surface area contributed by atoms with E-state index in [1.54, 1.807) is 61.5 Å². The minimum absolute atomic E-state index is 0.194. The lowest BCUT2D eigenvalue weighted by atomic mass is 9.78. The standard InChI is InChI=1S/C30H31F3O2/c1-3-35-28-17-15-25(18-27(28)31)22-7-4-20(5-8-22)6-9-24-14-16-26(30(33)29(24)32)23-12-10-21(11-13-23)19(2)34/h6,9-20,22,34H,3-5,7-8H2,1-2H3/b9-6+. The van der Waals surface area contributed by atoms with Crippen LogP contribution in [0.25, 0.3) is 17.2 Å². The van der Waals surface area contributed by atoms with Crippen LogP contribution in [-0.2, 0) is 0 Å². The lowest BCUT2D eigenvalue weighted by Gasteiger charge is -2.27. The third kappa shape index (κ3) is 5.79. The second-order valence-electron chi connectivity index (χ2n) is 9.22. The van der Waals surface area contributed by atoms with Gasteiger partial charge >= 0.3 is 0 Å². The molecule has 35 heavy (non-hydrogen) atoms. The fourth-order valence-corrected chi connectivity index (χ4v) is 4.79. The summed E-state index contributed by atoms with van der Waals surface area (Å²) in [6.07, 6.45) is 6.67. The van der Waals surface area contributed by atoms with Gasteiger partial charge in [0.2, 0.25) is 0 Å². The monoisotopic (exact) mass is 480 g/mol. The number of ether oxygens (including phenoxy) is 1. The van der Waals surface area contributed by atoms with Crippen molar-refractivity contribution in [2.45, 2.75) is 51.6 Å². The molecule has 1 fully saturated rings. The molecule has 0 amide bonds. The second-order valence-corrected chi connectivity index (χ2v) is 9.22. The molecule has 2 nitrogen and oxygen atoms in total. The van der Waals surface area contributed by atoms with Crippen LogP contribution in [0.5, 0.6) is 5.75 Å². The zero-order chi connectivity index (χ0) is 24.9.